The number of nitrogens with zero attached hydrogens (tertiary/aromatic N) is 1. The second kappa shape index (κ2) is 4.68. The molecule has 0 saturated carbocycles. The molecule has 0 aromatic rings. The van der Waals surface area contributed by atoms with Crippen molar-refractivity contribution in [1.82, 2.24) is 0 Å². The smallest absolute Gasteiger partial charge is 0.105 e. The van der Waals surface area contributed by atoms with Gasteiger partial charge in [0.2, 0.25) is 0 Å². The fraction of sp³-hybridized carbons (Fsp3) is 0.923. The lowest BCUT2D eigenvalue weighted by Gasteiger charge is -2.42. The van der Waals surface area contributed by atoms with Gasteiger partial charge in [-0.15, -0.1) is 11.8 Å². The van der Waals surface area contributed by atoms with E-state index in [1.807, 2.05) is 23.5 Å². The summed E-state index contributed by atoms with van der Waals surface area (Å²) >= 11 is 3.93. The average molecular weight is 269 g/mol. The van der Waals surface area contributed by atoms with E-state index in [1.54, 1.807) is 0 Å². The Morgan fingerprint density at radius 2 is 2.24 bits per heavy atom. The van der Waals surface area contributed by atoms with Crippen LogP contribution in [0.25, 0.3) is 0 Å². The minimum atomic E-state index is -0.0793. The van der Waals surface area contributed by atoms with Crippen molar-refractivity contribution < 1.29 is 4.74 Å². The molecule has 94 valence electrons. The van der Waals surface area contributed by atoms with E-state index < -0.39 is 0 Å². The molecule has 3 heterocycles. The van der Waals surface area contributed by atoms with Crippen LogP contribution in [0.4, 0.5) is 0 Å². The zero-order valence-corrected chi connectivity index (χ0v) is 11.7. The maximum Gasteiger partial charge on any atom is 0.105 e. The summed E-state index contributed by atoms with van der Waals surface area (Å²) in [5.74, 6) is 4.12. The van der Waals surface area contributed by atoms with Gasteiger partial charge in [0.05, 0.1) is 11.7 Å². The summed E-state index contributed by atoms with van der Waals surface area (Å²) in [6.07, 6.45) is 5.73. The SMILES string of the molecule is N#CC1(C2CCOC3(CCSC3)C2)CCCS1. The van der Waals surface area contributed by atoms with Crippen LogP contribution in [0.15, 0.2) is 0 Å². The summed E-state index contributed by atoms with van der Waals surface area (Å²) in [6.45, 7) is 0.870. The highest BCUT2D eigenvalue weighted by Crippen LogP contribution is 2.51. The van der Waals surface area contributed by atoms with Crippen molar-refractivity contribution >= 4 is 23.5 Å². The minimum absolute atomic E-state index is 0.0793. The molecule has 3 unspecified atom stereocenters. The van der Waals surface area contributed by atoms with Crippen LogP contribution in [0.3, 0.4) is 0 Å². The first-order valence-electron chi connectivity index (χ1n) is 6.56. The lowest BCUT2D eigenvalue weighted by atomic mass is 9.76. The second-order valence-corrected chi connectivity index (χ2v) is 8.01. The molecule has 3 fully saturated rings. The number of hydrogen-bond acceptors (Lipinski definition) is 4. The van der Waals surface area contributed by atoms with Crippen molar-refractivity contribution in [2.24, 2.45) is 5.92 Å². The highest BCUT2D eigenvalue weighted by molar-refractivity contribution is 8.01. The molecule has 3 saturated heterocycles. The molecule has 3 aliphatic rings. The number of hydrogen-bond donors (Lipinski definition) is 0. The molecule has 0 bridgehead atoms. The standard InChI is InChI=1S/C13H19NOS2/c14-9-13(3-1-6-17-13)11-2-5-15-12(8-11)4-7-16-10-12/h11H,1-8,10H2. The van der Waals surface area contributed by atoms with Crippen molar-refractivity contribution in [3.05, 3.63) is 0 Å². The Balaban J connectivity index is 1.77. The van der Waals surface area contributed by atoms with Crippen molar-refractivity contribution in [2.45, 2.75) is 42.5 Å². The van der Waals surface area contributed by atoms with Gasteiger partial charge in [-0.25, -0.2) is 0 Å². The first kappa shape index (κ1) is 12.2. The lowest BCUT2D eigenvalue weighted by molar-refractivity contribution is -0.0828. The molecule has 17 heavy (non-hydrogen) atoms. The second-order valence-electron chi connectivity index (χ2n) is 5.48. The number of rotatable bonds is 1. The van der Waals surface area contributed by atoms with Gasteiger partial charge < -0.3 is 4.74 Å². The third kappa shape index (κ3) is 2.11. The number of ether oxygens (including phenoxy) is 1. The zero-order valence-electron chi connectivity index (χ0n) is 10.1. The maximum atomic E-state index is 9.58. The largest absolute Gasteiger partial charge is 0.374 e. The molecule has 3 rings (SSSR count). The molecule has 2 nitrogen and oxygen atoms in total. The predicted octanol–water partition coefficient (Wildman–Crippen LogP) is 3.08. The summed E-state index contributed by atoms with van der Waals surface area (Å²) in [4.78, 5) is 0. The van der Waals surface area contributed by atoms with Crippen molar-refractivity contribution in [2.75, 3.05) is 23.9 Å². The molecule has 3 aliphatic heterocycles. The Morgan fingerprint density at radius 3 is 2.88 bits per heavy atom. The van der Waals surface area contributed by atoms with Crippen LogP contribution >= 0.6 is 23.5 Å². The number of nitriles is 1. The highest BCUT2D eigenvalue weighted by Gasteiger charge is 2.49. The molecule has 3 atom stereocenters. The van der Waals surface area contributed by atoms with E-state index in [0.717, 1.165) is 31.6 Å². The summed E-state index contributed by atoms with van der Waals surface area (Å²) in [7, 11) is 0. The number of thioether (sulfide) groups is 2. The van der Waals surface area contributed by atoms with E-state index in [-0.39, 0.29) is 10.3 Å². The molecule has 0 aromatic carbocycles. The van der Waals surface area contributed by atoms with Gasteiger partial charge in [0, 0.05) is 12.4 Å². The molecule has 0 aliphatic carbocycles. The summed E-state index contributed by atoms with van der Waals surface area (Å²) in [5.41, 5.74) is 0.126. The van der Waals surface area contributed by atoms with Crippen molar-refractivity contribution in [1.29, 1.82) is 5.26 Å². The highest BCUT2D eigenvalue weighted by atomic mass is 32.2. The van der Waals surface area contributed by atoms with E-state index in [2.05, 4.69) is 6.07 Å². The van der Waals surface area contributed by atoms with Crippen LogP contribution in [-0.4, -0.2) is 34.2 Å². The Bertz CT molecular complexity index is 327. The lowest BCUT2D eigenvalue weighted by Crippen LogP contribution is -2.46. The van der Waals surface area contributed by atoms with Crippen molar-refractivity contribution in [3.8, 4) is 6.07 Å². The fourth-order valence-corrected chi connectivity index (χ4v) is 6.27. The van der Waals surface area contributed by atoms with Crippen LogP contribution in [0, 0.1) is 17.2 Å². The van der Waals surface area contributed by atoms with Gasteiger partial charge in [-0.05, 0) is 49.5 Å². The molecule has 0 N–H and O–H groups in total. The van der Waals surface area contributed by atoms with Gasteiger partial charge in [0.25, 0.3) is 0 Å². The van der Waals surface area contributed by atoms with Gasteiger partial charge in [-0.3, -0.25) is 0 Å². The predicted molar refractivity (Wildman–Crippen MR) is 73.4 cm³/mol. The van der Waals surface area contributed by atoms with Crippen LogP contribution < -0.4 is 0 Å². The van der Waals surface area contributed by atoms with E-state index in [4.69, 9.17) is 4.74 Å². The minimum Gasteiger partial charge on any atom is -0.374 e. The van der Waals surface area contributed by atoms with Gasteiger partial charge in [0.15, 0.2) is 0 Å². The summed E-state index contributed by atoms with van der Waals surface area (Å²) in [6, 6.07) is 2.65. The molecular weight excluding hydrogens is 250 g/mol. The first-order chi connectivity index (χ1) is 8.29. The molecule has 0 radical (unpaired) electrons. The Morgan fingerprint density at radius 1 is 1.29 bits per heavy atom. The third-order valence-electron chi connectivity index (χ3n) is 4.46. The van der Waals surface area contributed by atoms with Gasteiger partial charge in [-0.1, -0.05) is 0 Å². The fourth-order valence-electron chi connectivity index (χ4n) is 3.45. The molecule has 0 amide bonds. The van der Waals surface area contributed by atoms with Crippen molar-refractivity contribution in [3.63, 3.8) is 0 Å². The Labute approximate surface area is 112 Å². The maximum absolute atomic E-state index is 9.58. The van der Waals surface area contributed by atoms with Crippen LogP contribution in [0.5, 0.6) is 0 Å². The van der Waals surface area contributed by atoms with Crippen LogP contribution in [0.1, 0.15) is 32.1 Å². The molecular formula is C13H19NOS2. The van der Waals surface area contributed by atoms with Gasteiger partial charge in [-0.2, -0.15) is 17.0 Å². The summed E-state index contributed by atoms with van der Waals surface area (Å²) in [5, 5.41) is 9.58. The van der Waals surface area contributed by atoms with Gasteiger partial charge >= 0.3 is 0 Å². The third-order valence-corrected chi connectivity index (χ3v) is 7.32. The quantitative estimate of drug-likeness (QED) is 0.732. The van der Waals surface area contributed by atoms with Crippen LogP contribution in [-0.2, 0) is 4.74 Å². The van der Waals surface area contributed by atoms with E-state index >= 15 is 0 Å². The normalized spacial score (nSPS) is 46.2. The topological polar surface area (TPSA) is 33.0 Å². The van der Waals surface area contributed by atoms with E-state index in [1.165, 1.54) is 24.3 Å². The Hall–Kier alpha value is 0.150. The average Bonchev–Trinajstić information content (AvgIpc) is 3.00. The molecule has 4 heteroatoms. The van der Waals surface area contributed by atoms with Gasteiger partial charge in [0.1, 0.15) is 4.75 Å². The Kier molecular flexibility index (Phi) is 3.36. The monoisotopic (exact) mass is 269 g/mol. The van der Waals surface area contributed by atoms with E-state index in [0.29, 0.717) is 5.92 Å². The summed E-state index contributed by atoms with van der Waals surface area (Å²) < 4.78 is 5.99. The molecule has 0 aromatic heterocycles. The van der Waals surface area contributed by atoms with E-state index in [9.17, 15) is 5.26 Å². The first-order valence-corrected chi connectivity index (χ1v) is 8.70. The zero-order chi connectivity index (χ0) is 11.8. The molecule has 1 spiro atoms. The van der Waals surface area contributed by atoms with Crippen LogP contribution in [0.2, 0.25) is 0 Å².